The lowest BCUT2D eigenvalue weighted by molar-refractivity contribution is -0.138. The Bertz CT molecular complexity index is 1640. The lowest BCUT2D eigenvalue weighted by Crippen LogP contribution is -2.41. The number of aromatic nitrogens is 5. The maximum Gasteiger partial charge on any atom is 0.416 e. The van der Waals surface area contributed by atoms with Crippen LogP contribution in [0.5, 0.6) is 0 Å². The van der Waals surface area contributed by atoms with Gasteiger partial charge >= 0.3 is 6.18 Å². The SMILES string of the molecule is Cc1nc(N[C@H](C)c2cccc(C(F)(F)F)c2C)c2cc(P3(=O)CCN(C(=O)c4cnn(C)c4)CC3)ncc2n1. The Morgan fingerprint density at radius 3 is 2.50 bits per heavy atom. The van der Waals surface area contributed by atoms with Crippen molar-refractivity contribution in [2.75, 3.05) is 30.7 Å². The summed E-state index contributed by atoms with van der Waals surface area (Å²) in [7, 11) is -1.19. The Hall–Kier alpha value is -3.79. The topological polar surface area (TPSA) is 106 Å². The molecule has 0 radical (unpaired) electrons. The molecule has 1 N–H and O–H groups in total. The van der Waals surface area contributed by atoms with Gasteiger partial charge in [-0.25, -0.2) is 9.97 Å². The van der Waals surface area contributed by atoms with Crippen LogP contribution in [0.25, 0.3) is 10.9 Å². The number of rotatable bonds is 5. The second kappa shape index (κ2) is 10.3. The van der Waals surface area contributed by atoms with Gasteiger partial charge in [-0.15, -0.1) is 0 Å². The highest BCUT2D eigenvalue weighted by Gasteiger charge is 2.35. The number of anilines is 1. The van der Waals surface area contributed by atoms with E-state index in [4.69, 9.17) is 0 Å². The zero-order valence-electron chi connectivity index (χ0n) is 22.5. The van der Waals surface area contributed by atoms with E-state index in [1.807, 2.05) is 0 Å². The third-order valence-corrected chi connectivity index (χ3v) is 10.2. The van der Waals surface area contributed by atoms with E-state index < -0.39 is 24.9 Å². The van der Waals surface area contributed by atoms with Gasteiger partial charge in [-0.1, -0.05) is 12.1 Å². The number of hydrogen-bond acceptors (Lipinski definition) is 7. The first-order valence-electron chi connectivity index (χ1n) is 12.8. The highest BCUT2D eigenvalue weighted by molar-refractivity contribution is 7.71. The molecule has 1 saturated heterocycles. The van der Waals surface area contributed by atoms with Gasteiger partial charge in [0.05, 0.1) is 35.1 Å². The number of fused-ring (bicyclic) bond motifs is 1. The number of amides is 1. The Morgan fingerprint density at radius 1 is 1.12 bits per heavy atom. The number of halogens is 3. The molecule has 4 aromatic rings. The van der Waals surface area contributed by atoms with Crippen molar-refractivity contribution in [3.8, 4) is 0 Å². The fourth-order valence-corrected chi connectivity index (χ4v) is 7.56. The average Bonchev–Trinajstić information content (AvgIpc) is 3.34. The molecule has 40 heavy (non-hydrogen) atoms. The van der Waals surface area contributed by atoms with Gasteiger partial charge in [-0.05, 0) is 44.0 Å². The summed E-state index contributed by atoms with van der Waals surface area (Å²) in [6, 6.07) is 5.33. The summed E-state index contributed by atoms with van der Waals surface area (Å²) in [5, 5.41) is 7.88. The standard InChI is InChI=1S/C27H29F3N7O2P/c1-16-20(6-5-7-22(16)27(28,29)30)17(2)33-25-21-12-24(31-14-23(21)34-18(3)35-25)40(39)10-8-37(9-11-40)26(38)19-13-32-36(4)15-19/h5-7,12-15,17H,8-11H2,1-4H3,(H,33,34,35)/t17-/m1/s1. The molecule has 1 atom stereocenters. The van der Waals surface area contributed by atoms with Gasteiger partial charge in [0.15, 0.2) is 0 Å². The highest BCUT2D eigenvalue weighted by Crippen LogP contribution is 2.46. The molecule has 1 aliphatic rings. The molecular weight excluding hydrogens is 542 g/mol. The van der Waals surface area contributed by atoms with Crippen LogP contribution in [-0.2, 0) is 17.8 Å². The summed E-state index contributed by atoms with van der Waals surface area (Å²) >= 11 is 0. The number of nitrogens with one attached hydrogen (secondary N) is 1. The number of carbonyl (C=O) groups excluding carboxylic acids is 1. The van der Waals surface area contributed by atoms with Crippen molar-refractivity contribution in [1.29, 1.82) is 0 Å². The molecule has 5 rings (SSSR count). The van der Waals surface area contributed by atoms with Gasteiger partial charge in [0.25, 0.3) is 5.91 Å². The van der Waals surface area contributed by atoms with Crippen molar-refractivity contribution >= 4 is 35.2 Å². The third-order valence-electron chi connectivity index (χ3n) is 7.30. The van der Waals surface area contributed by atoms with Crippen LogP contribution in [0.3, 0.4) is 0 Å². The monoisotopic (exact) mass is 571 g/mol. The van der Waals surface area contributed by atoms with Crippen LogP contribution >= 0.6 is 7.14 Å². The van der Waals surface area contributed by atoms with Crippen LogP contribution < -0.4 is 10.8 Å². The highest BCUT2D eigenvalue weighted by atomic mass is 31.2. The van der Waals surface area contributed by atoms with Crippen molar-refractivity contribution in [3.05, 3.63) is 70.9 Å². The second-order valence-electron chi connectivity index (χ2n) is 10.1. The van der Waals surface area contributed by atoms with Crippen LogP contribution in [0.1, 0.15) is 45.8 Å². The van der Waals surface area contributed by atoms with E-state index in [1.165, 1.54) is 19.2 Å². The summed E-state index contributed by atoms with van der Waals surface area (Å²) in [6.45, 7) is 5.59. The van der Waals surface area contributed by atoms with Gasteiger partial charge in [0.2, 0.25) is 0 Å². The van der Waals surface area contributed by atoms with Crippen LogP contribution in [0, 0.1) is 13.8 Å². The van der Waals surface area contributed by atoms with E-state index in [0.29, 0.717) is 52.2 Å². The zero-order valence-corrected chi connectivity index (χ0v) is 23.4. The van der Waals surface area contributed by atoms with Gasteiger partial charge in [0, 0.05) is 44.0 Å². The van der Waals surface area contributed by atoms with E-state index in [9.17, 15) is 22.5 Å². The molecule has 0 spiro atoms. The third kappa shape index (κ3) is 5.32. The number of nitrogens with zero attached hydrogens (tertiary/aromatic N) is 6. The number of carbonyl (C=O) groups is 1. The fourth-order valence-electron chi connectivity index (χ4n) is 5.12. The number of pyridine rings is 1. The van der Waals surface area contributed by atoms with Gasteiger partial charge < -0.3 is 14.8 Å². The van der Waals surface area contributed by atoms with Gasteiger partial charge in [-0.3, -0.25) is 14.5 Å². The Balaban J connectivity index is 1.42. The van der Waals surface area contributed by atoms with E-state index in [2.05, 4.69) is 25.4 Å². The first-order valence-corrected chi connectivity index (χ1v) is 14.9. The van der Waals surface area contributed by atoms with Crippen molar-refractivity contribution in [2.45, 2.75) is 33.0 Å². The number of aryl methyl sites for hydroxylation is 2. The smallest absolute Gasteiger partial charge is 0.363 e. The quantitative estimate of drug-likeness (QED) is 0.346. The molecule has 0 unspecified atom stereocenters. The molecule has 1 aromatic carbocycles. The predicted molar refractivity (Wildman–Crippen MR) is 146 cm³/mol. The molecule has 9 nitrogen and oxygen atoms in total. The fraction of sp³-hybridized carbons (Fsp3) is 0.370. The minimum atomic E-state index is -4.46. The largest absolute Gasteiger partial charge is 0.416 e. The lowest BCUT2D eigenvalue weighted by Gasteiger charge is -2.31. The van der Waals surface area contributed by atoms with Crippen molar-refractivity contribution < 1.29 is 22.5 Å². The molecule has 4 heterocycles. The summed E-state index contributed by atoms with van der Waals surface area (Å²) in [5.74, 6) is 0.735. The van der Waals surface area contributed by atoms with Gasteiger partial charge in [0.1, 0.15) is 24.2 Å². The number of hydrogen-bond donors (Lipinski definition) is 1. The van der Waals surface area contributed by atoms with E-state index in [0.717, 1.165) is 6.07 Å². The van der Waals surface area contributed by atoms with Gasteiger partial charge in [-0.2, -0.15) is 18.3 Å². The molecule has 210 valence electrons. The average molecular weight is 572 g/mol. The van der Waals surface area contributed by atoms with Crippen molar-refractivity contribution in [1.82, 2.24) is 29.6 Å². The van der Waals surface area contributed by atoms with E-state index in [1.54, 1.807) is 55.0 Å². The number of benzene rings is 1. The molecule has 0 bridgehead atoms. The summed E-state index contributed by atoms with van der Waals surface area (Å²) in [5.41, 5.74) is 1.39. The van der Waals surface area contributed by atoms with Crippen LogP contribution in [0.2, 0.25) is 0 Å². The molecule has 0 aliphatic carbocycles. The molecule has 13 heteroatoms. The van der Waals surface area contributed by atoms with Crippen LogP contribution in [0.15, 0.2) is 42.9 Å². The molecule has 0 saturated carbocycles. The van der Waals surface area contributed by atoms with E-state index in [-0.39, 0.29) is 23.8 Å². The normalized spacial score (nSPS) is 16.2. The predicted octanol–water partition coefficient (Wildman–Crippen LogP) is 4.71. The van der Waals surface area contributed by atoms with E-state index >= 15 is 0 Å². The van der Waals surface area contributed by atoms with Crippen molar-refractivity contribution in [3.63, 3.8) is 0 Å². The zero-order chi connectivity index (χ0) is 28.8. The minimum Gasteiger partial charge on any atom is -0.363 e. The maximum absolute atomic E-state index is 14.0. The maximum atomic E-state index is 14.0. The molecule has 1 aliphatic heterocycles. The van der Waals surface area contributed by atoms with Crippen LogP contribution in [0.4, 0.5) is 19.0 Å². The number of alkyl halides is 3. The Kier molecular flexibility index (Phi) is 7.16. The summed E-state index contributed by atoms with van der Waals surface area (Å²) < 4.78 is 56.0. The Morgan fingerprint density at radius 2 is 1.85 bits per heavy atom. The molecular formula is C27H29F3N7O2P. The first-order chi connectivity index (χ1) is 18.9. The first kappa shape index (κ1) is 27.8. The molecule has 3 aromatic heterocycles. The van der Waals surface area contributed by atoms with Crippen LogP contribution in [-0.4, -0.2) is 61.0 Å². The second-order valence-corrected chi connectivity index (χ2v) is 13.2. The summed E-state index contributed by atoms with van der Waals surface area (Å²) in [6.07, 6.45) is 0.833. The minimum absolute atomic E-state index is 0.143. The molecule has 1 amide bonds. The summed E-state index contributed by atoms with van der Waals surface area (Å²) in [4.78, 5) is 27.9. The molecule has 1 fully saturated rings. The van der Waals surface area contributed by atoms with Crippen molar-refractivity contribution in [2.24, 2.45) is 7.05 Å². The lowest BCUT2D eigenvalue weighted by atomic mass is 9.97. The Labute approximate surface area is 229 Å².